The Morgan fingerprint density at radius 2 is 2.09 bits per heavy atom. The molecule has 0 bridgehead atoms. The summed E-state index contributed by atoms with van der Waals surface area (Å²) in [6.45, 7) is 5.48. The van der Waals surface area contributed by atoms with E-state index in [0.717, 1.165) is 32.6 Å². The van der Waals surface area contributed by atoms with Crippen LogP contribution in [0.15, 0.2) is 21.8 Å². The van der Waals surface area contributed by atoms with Crippen LogP contribution in [-0.4, -0.2) is 36.6 Å². The van der Waals surface area contributed by atoms with Crippen molar-refractivity contribution >= 4 is 15.7 Å². The molecular weight excluding hydrogens is 320 g/mol. The van der Waals surface area contributed by atoms with Gasteiger partial charge in [-0.3, -0.25) is 9.40 Å². The molecule has 2 aromatic rings. The standard InChI is InChI=1S/C14H20N4O4S/c1-10-14(11(2)22-16-10)23(19,20)17-13-7-15-18(9-13)8-12-3-5-21-6-4-12/h7,9,12,17H,3-6,8H2,1-2H3. The molecule has 0 unspecified atom stereocenters. The zero-order valence-electron chi connectivity index (χ0n) is 13.2. The molecule has 0 saturated carbocycles. The minimum absolute atomic E-state index is 0.0784. The molecule has 23 heavy (non-hydrogen) atoms. The Morgan fingerprint density at radius 1 is 1.35 bits per heavy atom. The molecule has 1 aliphatic heterocycles. The van der Waals surface area contributed by atoms with Gasteiger partial charge in [0.15, 0.2) is 10.7 Å². The van der Waals surface area contributed by atoms with Crippen LogP contribution in [0.5, 0.6) is 0 Å². The second kappa shape index (κ2) is 6.32. The van der Waals surface area contributed by atoms with E-state index in [2.05, 4.69) is 15.0 Å². The van der Waals surface area contributed by atoms with Gasteiger partial charge in [0.25, 0.3) is 10.0 Å². The number of aryl methyl sites for hydroxylation is 2. The van der Waals surface area contributed by atoms with Gasteiger partial charge in [-0.15, -0.1) is 0 Å². The van der Waals surface area contributed by atoms with Crippen LogP contribution in [-0.2, 0) is 21.3 Å². The van der Waals surface area contributed by atoms with Crippen molar-refractivity contribution in [3.8, 4) is 0 Å². The minimum atomic E-state index is -3.73. The number of rotatable bonds is 5. The first-order chi connectivity index (χ1) is 11.0. The summed E-state index contributed by atoms with van der Waals surface area (Å²) < 4.78 is 39.4. The highest BCUT2D eigenvalue weighted by molar-refractivity contribution is 7.92. The Hall–Kier alpha value is -1.87. The fraction of sp³-hybridized carbons (Fsp3) is 0.571. The Balaban J connectivity index is 1.71. The second-order valence-electron chi connectivity index (χ2n) is 5.77. The van der Waals surface area contributed by atoms with E-state index in [1.54, 1.807) is 24.7 Å². The van der Waals surface area contributed by atoms with Gasteiger partial charge in [-0.25, -0.2) is 8.42 Å². The molecule has 1 aliphatic rings. The summed E-state index contributed by atoms with van der Waals surface area (Å²) in [7, 11) is -3.73. The third-order valence-corrected chi connectivity index (χ3v) is 5.53. The van der Waals surface area contributed by atoms with Crippen LogP contribution in [0, 0.1) is 19.8 Å². The molecular formula is C14H20N4O4S. The number of aromatic nitrogens is 3. The van der Waals surface area contributed by atoms with Gasteiger partial charge in [0.2, 0.25) is 0 Å². The van der Waals surface area contributed by atoms with Crippen molar-refractivity contribution in [3.05, 3.63) is 23.8 Å². The molecule has 0 atom stereocenters. The highest BCUT2D eigenvalue weighted by Gasteiger charge is 2.25. The lowest BCUT2D eigenvalue weighted by Gasteiger charge is -2.21. The second-order valence-corrected chi connectivity index (χ2v) is 7.38. The molecule has 0 aliphatic carbocycles. The van der Waals surface area contributed by atoms with E-state index in [1.165, 1.54) is 6.20 Å². The highest BCUT2D eigenvalue weighted by Crippen LogP contribution is 2.23. The van der Waals surface area contributed by atoms with E-state index in [4.69, 9.17) is 9.26 Å². The molecule has 3 rings (SSSR count). The maximum absolute atomic E-state index is 12.4. The van der Waals surface area contributed by atoms with Gasteiger partial charge in [0.1, 0.15) is 5.69 Å². The summed E-state index contributed by atoms with van der Waals surface area (Å²) >= 11 is 0. The topological polar surface area (TPSA) is 99.3 Å². The number of hydrogen-bond acceptors (Lipinski definition) is 6. The zero-order chi connectivity index (χ0) is 16.4. The fourth-order valence-corrected chi connectivity index (χ4v) is 4.13. The van der Waals surface area contributed by atoms with Crippen LogP contribution in [0.1, 0.15) is 24.3 Å². The first kappa shape index (κ1) is 16.0. The molecule has 1 N–H and O–H groups in total. The molecule has 0 spiro atoms. The number of hydrogen-bond donors (Lipinski definition) is 1. The molecule has 126 valence electrons. The van der Waals surface area contributed by atoms with Crippen LogP contribution in [0.25, 0.3) is 0 Å². The average molecular weight is 340 g/mol. The number of ether oxygens (including phenoxy) is 1. The van der Waals surface area contributed by atoms with Gasteiger partial charge in [-0.05, 0) is 32.6 Å². The van der Waals surface area contributed by atoms with Gasteiger partial charge in [-0.2, -0.15) is 5.10 Å². The van der Waals surface area contributed by atoms with Crippen LogP contribution in [0.4, 0.5) is 5.69 Å². The van der Waals surface area contributed by atoms with Crippen molar-refractivity contribution in [1.29, 1.82) is 0 Å². The van der Waals surface area contributed by atoms with Crippen LogP contribution < -0.4 is 4.72 Å². The smallest absolute Gasteiger partial charge is 0.267 e. The molecule has 1 fully saturated rings. The Bertz CT molecular complexity index is 755. The van der Waals surface area contributed by atoms with Gasteiger partial charge in [-0.1, -0.05) is 5.16 Å². The van der Waals surface area contributed by atoms with E-state index >= 15 is 0 Å². The Morgan fingerprint density at radius 3 is 2.74 bits per heavy atom. The number of nitrogens with one attached hydrogen (secondary N) is 1. The van der Waals surface area contributed by atoms with Crippen molar-refractivity contribution < 1.29 is 17.7 Å². The summed E-state index contributed by atoms with van der Waals surface area (Å²) in [5, 5.41) is 7.91. The molecule has 0 radical (unpaired) electrons. The van der Waals surface area contributed by atoms with Crippen molar-refractivity contribution in [1.82, 2.24) is 14.9 Å². The minimum Gasteiger partial charge on any atom is -0.381 e. The van der Waals surface area contributed by atoms with E-state index in [9.17, 15) is 8.42 Å². The van der Waals surface area contributed by atoms with Gasteiger partial charge in [0.05, 0.1) is 11.9 Å². The van der Waals surface area contributed by atoms with Crippen LogP contribution in [0.3, 0.4) is 0 Å². The molecule has 1 saturated heterocycles. The zero-order valence-corrected chi connectivity index (χ0v) is 14.0. The predicted octanol–water partition coefficient (Wildman–Crippen LogP) is 1.72. The summed E-state index contributed by atoms with van der Waals surface area (Å²) in [6.07, 6.45) is 5.21. The van der Waals surface area contributed by atoms with E-state index < -0.39 is 10.0 Å². The fourth-order valence-electron chi connectivity index (χ4n) is 2.77. The molecule has 0 amide bonds. The SMILES string of the molecule is Cc1noc(C)c1S(=O)(=O)Nc1cnn(CC2CCOCC2)c1. The van der Waals surface area contributed by atoms with Gasteiger partial charge in [0, 0.05) is 26.0 Å². The lowest BCUT2D eigenvalue weighted by atomic mass is 10.0. The molecule has 2 aromatic heterocycles. The lowest BCUT2D eigenvalue weighted by Crippen LogP contribution is -2.20. The maximum atomic E-state index is 12.4. The third kappa shape index (κ3) is 3.56. The van der Waals surface area contributed by atoms with E-state index in [0.29, 0.717) is 17.3 Å². The normalized spacial score (nSPS) is 16.6. The van der Waals surface area contributed by atoms with Crippen molar-refractivity contribution in [2.75, 3.05) is 17.9 Å². The summed E-state index contributed by atoms with van der Waals surface area (Å²) in [4.78, 5) is 0.0784. The van der Waals surface area contributed by atoms with E-state index in [1.807, 2.05) is 0 Å². The monoisotopic (exact) mass is 340 g/mol. The molecule has 3 heterocycles. The van der Waals surface area contributed by atoms with Crippen molar-refractivity contribution in [2.24, 2.45) is 5.92 Å². The number of anilines is 1. The lowest BCUT2D eigenvalue weighted by molar-refractivity contribution is 0.0601. The summed E-state index contributed by atoms with van der Waals surface area (Å²) in [5.74, 6) is 0.778. The molecule has 8 nitrogen and oxygen atoms in total. The third-order valence-electron chi connectivity index (χ3n) is 3.91. The van der Waals surface area contributed by atoms with E-state index in [-0.39, 0.29) is 10.7 Å². The maximum Gasteiger partial charge on any atom is 0.267 e. The van der Waals surface area contributed by atoms with Gasteiger partial charge < -0.3 is 9.26 Å². The summed E-state index contributed by atoms with van der Waals surface area (Å²) in [5.41, 5.74) is 0.765. The number of nitrogens with zero attached hydrogens (tertiary/aromatic N) is 3. The molecule has 9 heteroatoms. The average Bonchev–Trinajstić information content (AvgIpc) is 3.06. The summed E-state index contributed by atoms with van der Waals surface area (Å²) in [6, 6.07) is 0. The first-order valence-electron chi connectivity index (χ1n) is 7.51. The van der Waals surface area contributed by atoms with Crippen LogP contribution >= 0.6 is 0 Å². The molecule has 0 aromatic carbocycles. The van der Waals surface area contributed by atoms with Crippen molar-refractivity contribution in [2.45, 2.75) is 38.1 Å². The first-order valence-corrected chi connectivity index (χ1v) is 9.00. The quantitative estimate of drug-likeness (QED) is 0.889. The van der Waals surface area contributed by atoms with Gasteiger partial charge >= 0.3 is 0 Å². The highest BCUT2D eigenvalue weighted by atomic mass is 32.2. The number of sulfonamides is 1. The Kier molecular flexibility index (Phi) is 4.40. The Labute approximate surface area is 134 Å². The van der Waals surface area contributed by atoms with Crippen LogP contribution in [0.2, 0.25) is 0 Å². The largest absolute Gasteiger partial charge is 0.381 e. The van der Waals surface area contributed by atoms with Crippen molar-refractivity contribution in [3.63, 3.8) is 0 Å². The predicted molar refractivity (Wildman–Crippen MR) is 82.6 cm³/mol.